The molecule has 0 fully saturated rings. The van der Waals surface area contributed by atoms with Gasteiger partial charge in [-0.15, -0.1) is 0 Å². The second kappa shape index (κ2) is 8.86. The summed E-state index contributed by atoms with van der Waals surface area (Å²) in [6.07, 6.45) is 2.90. The molecule has 0 unspecified atom stereocenters. The molecule has 1 amide bonds. The molecule has 0 bridgehead atoms. The predicted molar refractivity (Wildman–Crippen MR) is 114 cm³/mol. The summed E-state index contributed by atoms with van der Waals surface area (Å²) in [6.45, 7) is 0. The zero-order chi connectivity index (χ0) is 19.2. The van der Waals surface area contributed by atoms with Gasteiger partial charge in [-0.05, 0) is 48.6 Å². The van der Waals surface area contributed by atoms with Gasteiger partial charge < -0.3 is 9.73 Å². The molecule has 0 saturated heterocycles. The maximum absolute atomic E-state index is 12.0. The lowest BCUT2D eigenvalue weighted by Gasteiger charge is -2.09. The van der Waals surface area contributed by atoms with Gasteiger partial charge >= 0.3 is 0 Å². The summed E-state index contributed by atoms with van der Waals surface area (Å²) in [6, 6.07) is 18.2. The Balaban J connectivity index is 1.58. The third kappa shape index (κ3) is 5.44. The highest BCUT2D eigenvalue weighted by molar-refractivity contribution is 7.80. The third-order valence-electron chi connectivity index (χ3n) is 3.50. The van der Waals surface area contributed by atoms with Gasteiger partial charge in [0, 0.05) is 16.7 Å². The molecule has 1 heterocycles. The SMILES string of the molecule is O=C(/C=C/c1ccc(-c2ccccc2)o1)NC(=S)Nc1cc(Cl)ccc1Cl. The molecule has 0 radical (unpaired) electrons. The van der Waals surface area contributed by atoms with Crippen molar-refractivity contribution in [1.29, 1.82) is 0 Å². The molecule has 0 spiro atoms. The lowest BCUT2D eigenvalue weighted by Crippen LogP contribution is -2.32. The summed E-state index contributed by atoms with van der Waals surface area (Å²) < 4.78 is 5.70. The summed E-state index contributed by atoms with van der Waals surface area (Å²) in [5.41, 5.74) is 1.47. The Hall–Kier alpha value is -2.60. The van der Waals surface area contributed by atoms with E-state index in [2.05, 4.69) is 10.6 Å². The van der Waals surface area contributed by atoms with Gasteiger partial charge in [-0.1, -0.05) is 53.5 Å². The Morgan fingerprint density at radius 3 is 2.59 bits per heavy atom. The normalized spacial score (nSPS) is 10.7. The molecular formula is C20H14Cl2N2O2S. The summed E-state index contributed by atoms with van der Waals surface area (Å²) in [7, 11) is 0. The van der Waals surface area contributed by atoms with E-state index in [0.29, 0.717) is 21.5 Å². The monoisotopic (exact) mass is 416 g/mol. The first-order valence-corrected chi connectivity index (χ1v) is 9.08. The smallest absolute Gasteiger partial charge is 0.250 e. The van der Waals surface area contributed by atoms with Gasteiger partial charge in [0.15, 0.2) is 5.11 Å². The van der Waals surface area contributed by atoms with Crippen LogP contribution in [0.1, 0.15) is 5.76 Å². The van der Waals surface area contributed by atoms with Gasteiger partial charge in [-0.25, -0.2) is 0 Å². The van der Waals surface area contributed by atoms with Gasteiger partial charge in [0.2, 0.25) is 5.91 Å². The van der Waals surface area contributed by atoms with Crippen molar-refractivity contribution in [3.8, 4) is 11.3 Å². The Bertz CT molecular complexity index is 1000. The van der Waals surface area contributed by atoms with Crippen LogP contribution in [-0.2, 0) is 4.79 Å². The number of carbonyl (C=O) groups is 1. The minimum Gasteiger partial charge on any atom is -0.457 e. The molecule has 27 heavy (non-hydrogen) atoms. The van der Waals surface area contributed by atoms with Gasteiger partial charge in [0.1, 0.15) is 11.5 Å². The van der Waals surface area contributed by atoms with E-state index in [1.165, 1.54) is 6.08 Å². The molecule has 1 aromatic heterocycles. The van der Waals surface area contributed by atoms with Crippen molar-refractivity contribution in [2.45, 2.75) is 0 Å². The second-order valence-electron chi connectivity index (χ2n) is 5.47. The molecule has 0 aliphatic carbocycles. The summed E-state index contributed by atoms with van der Waals surface area (Å²) in [5.74, 6) is 0.882. The first-order valence-electron chi connectivity index (χ1n) is 7.91. The van der Waals surface area contributed by atoms with E-state index in [4.69, 9.17) is 39.8 Å². The fraction of sp³-hybridized carbons (Fsp3) is 0. The number of amides is 1. The van der Waals surface area contributed by atoms with E-state index >= 15 is 0 Å². The zero-order valence-electron chi connectivity index (χ0n) is 13.9. The first kappa shape index (κ1) is 19.2. The average molecular weight is 417 g/mol. The van der Waals surface area contributed by atoms with Crippen LogP contribution in [0.5, 0.6) is 0 Å². The van der Waals surface area contributed by atoms with E-state index in [1.807, 2.05) is 36.4 Å². The van der Waals surface area contributed by atoms with Crippen molar-refractivity contribution in [1.82, 2.24) is 5.32 Å². The topological polar surface area (TPSA) is 54.3 Å². The lowest BCUT2D eigenvalue weighted by atomic mass is 10.2. The van der Waals surface area contributed by atoms with Gasteiger partial charge in [0.25, 0.3) is 0 Å². The Morgan fingerprint density at radius 1 is 1.04 bits per heavy atom. The van der Waals surface area contributed by atoms with Crippen LogP contribution >= 0.6 is 35.4 Å². The Kier molecular flexibility index (Phi) is 6.29. The fourth-order valence-electron chi connectivity index (χ4n) is 2.26. The molecule has 0 atom stereocenters. The maximum atomic E-state index is 12.0. The van der Waals surface area contributed by atoms with Crippen molar-refractivity contribution in [3.63, 3.8) is 0 Å². The number of hydrogen-bond donors (Lipinski definition) is 2. The molecule has 3 aromatic rings. The highest BCUT2D eigenvalue weighted by atomic mass is 35.5. The lowest BCUT2D eigenvalue weighted by molar-refractivity contribution is -0.115. The van der Waals surface area contributed by atoms with Crippen LogP contribution in [0.4, 0.5) is 5.69 Å². The summed E-state index contributed by atoms with van der Waals surface area (Å²) in [5, 5.41) is 6.42. The van der Waals surface area contributed by atoms with Crippen LogP contribution in [0, 0.1) is 0 Å². The molecule has 3 rings (SSSR count). The van der Waals surface area contributed by atoms with E-state index in [-0.39, 0.29) is 5.11 Å². The minimum absolute atomic E-state index is 0.109. The number of rotatable bonds is 4. The van der Waals surface area contributed by atoms with Crippen LogP contribution in [0.3, 0.4) is 0 Å². The van der Waals surface area contributed by atoms with Crippen LogP contribution in [0.2, 0.25) is 10.0 Å². The van der Waals surface area contributed by atoms with Crippen LogP contribution in [0.15, 0.2) is 71.2 Å². The highest BCUT2D eigenvalue weighted by Crippen LogP contribution is 2.25. The average Bonchev–Trinajstić information content (AvgIpc) is 3.13. The Morgan fingerprint density at radius 2 is 1.81 bits per heavy atom. The highest BCUT2D eigenvalue weighted by Gasteiger charge is 2.06. The van der Waals surface area contributed by atoms with E-state index in [1.54, 1.807) is 30.3 Å². The van der Waals surface area contributed by atoms with Gasteiger partial charge in [-0.3, -0.25) is 10.1 Å². The summed E-state index contributed by atoms with van der Waals surface area (Å²) >= 11 is 17.1. The zero-order valence-corrected chi connectivity index (χ0v) is 16.2. The van der Waals surface area contributed by atoms with E-state index in [9.17, 15) is 4.79 Å². The van der Waals surface area contributed by atoms with Crippen LogP contribution < -0.4 is 10.6 Å². The number of carbonyl (C=O) groups excluding carboxylic acids is 1. The second-order valence-corrected chi connectivity index (χ2v) is 6.72. The number of halogens is 2. The number of thiocarbonyl (C=S) groups is 1. The quantitative estimate of drug-likeness (QED) is 0.418. The van der Waals surface area contributed by atoms with E-state index < -0.39 is 5.91 Å². The van der Waals surface area contributed by atoms with Crippen LogP contribution in [-0.4, -0.2) is 11.0 Å². The van der Waals surface area contributed by atoms with Crippen molar-refractivity contribution in [2.75, 3.05) is 5.32 Å². The number of hydrogen-bond acceptors (Lipinski definition) is 3. The molecule has 0 aliphatic heterocycles. The van der Waals surface area contributed by atoms with Gasteiger partial charge in [-0.2, -0.15) is 0 Å². The maximum Gasteiger partial charge on any atom is 0.250 e. The van der Waals surface area contributed by atoms with E-state index in [0.717, 1.165) is 11.3 Å². The molecule has 136 valence electrons. The van der Waals surface area contributed by atoms with Crippen LogP contribution in [0.25, 0.3) is 17.4 Å². The molecule has 2 aromatic carbocycles. The molecule has 0 saturated carbocycles. The molecule has 4 nitrogen and oxygen atoms in total. The number of furan rings is 1. The molecular weight excluding hydrogens is 403 g/mol. The van der Waals surface area contributed by atoms with Crippen molar-refractivity contribution >= 4 is 58.2 Å². The number of benzene rings is 2. The molecule has 7 heteroatoms. The van der Waals surface area contributed by atoms with Crippen molar-refractivity contribution in [2.24, 2.45) is 0 Å². The van der Waals surface area contributed by atoms with Gasteiger partial charge in [0.05, 0.1) is 10.7 Å². The molecule has 2 N–H and O–H groups in total. The largest absolute Gasteiger partial charge is 0.457 e. The third-order valence-corrected chi connectivity index (χ3v) is 4.27. The number of anilines is 1. The Labute approximate surface area is 171 Å². The standard InChI is InChI=1S/C20H14Cl2N2O2S/c21-14-6-9-16(22)17(12-14)23-20(27)24-19(25)11-8-15-7-10-18(26-15)13-4-2-1-3-5-13/h1-12H,(H2,23,24,25,27)/b11-8+. The minimum atomic E-state index is -0.400. The summed E-state index contributed by atoms with van der Waals surface area (Å²) in [4.78, 5) is 12.0. The van der Waals surface area contributed by atoms with Crippen molar-refractivity contribution in [3.05, 3.63) is 82.5 Å². The fourth-order valence-corrected chi connectivity index (χ4v) is 2.81. The number of nitrogens with one attached hydrogen (secondary N) is 2. The molecule has 0 aliphatic rings. The van der Waals surface area contributed by atoms with Crippen molar-refractivity contribution < 1.29 is 9.21 Å². The first-order chi connectivity index (χ1) is 13.0. The predicted octanol–water partition coefficient (Wildman–Crippen LogP) is 5.78.